The van der Waals surface area contributed by atoms with Gasteiger partial charge in [-0.05, 0) is 13.8 Å². The van der Waals surface area contributed by atoms with Crippen molar-refractivity contribution in [2.24, 2.45) is 0 Å². The molecule has 10 heteroatoms. The van der Waals surface area contributed by atoms with E-state index in [9.17, 15) is 19.2 Å². The number of hydrogen-bond acceptors (Lipinski definition) is 6. The van der Waals surface area contributed by atoms with E-state index >= 15 is 0 Å². The van der Waals surface area contributed by atoms with Crippen LogP contribution in [0.3, 0.4) is 0 Å². The minimum Gasteiger partial charge on any atom is -0.481 e. The summed E-state index contributed by atoms with van der Waals surface area (Å²) in [7, 11) is 0. The van der Waals surface area contributed by atoms with Gasteiger partial charge in [-0.15, -0.1) is 0 Å². The number of carboxylic acid groups (broad SMARTS) is 4. The van der Waals surface area contributed by atoms with Gasteiger partial charge in [-0.2, -0.15) is 0 Å². The fraction of sp³-hybridized carbons (Fsp3) is 0.600. The van der Waals surface area contributed by atoms with Crippen LogP contribution in [0.2, 0.25) is 0 Å². The fourth-order valence-corrected chi connectivity index (χ4v) is 0.214. The molecule has 2 atom stereocenters. The molecule has 0 spiro atoms. The largest absolute Gasteiger partial charge is 0.481 e. The van der Waals surface area contributed by atoms with Gasteiger partial charge in [0.2, 0.25) is 0 Å². The van der Waals surface area contributed by atoms with Crippen LogP contribution in [0.5, 0.6) is 0 Å². The normalized spacial score (nSPS) is 11.6. The van der Waals surface area contributed by atoms with E-state index < -0.39 is 36.1 Å². The number of aliphatic hydroxyl groups is 2. The SMILES string of the molecule is CC(O)C(=O)O.CC(O)C(=O)O.O=C(O)CCC(=O)O. The van der Waals surface area contributed by atoms with Crippen molar-refractivity contribution in [1.29, 1.82) is 0 Å². The highest BCUT2D eigenvalue weighted by molar-refractivity contribution is 5.75. The fourth-order valence-electron chi connectivity index (χ4n) is 0.214. The number of aliphatic carboxylic acids is 4. The van der Waals surface area contributed by atoms with Gasteiger partial charge in [-0.1, -0.05) is 0 Å². The molecule has 0 radical (unpaired) electrons. The molecule has 118 valence electrons. The van der Waals surface area contributed by atoms with Gasteiger partial charge in [-0.25, -0.2) is 9.59 Å². The first-order valence-corrected chi connectivity index (χ1v) is 5.17. The Morgan fingerprint density at radius 3 is 0.900 bits per heavy atom. The van der Waals surface area contributed by atoms with Crippen LogP contribution in [-0.4, -0.2) is 66.7 Å². The Morgan fingerprint density at radius 2 is 0.850 bits per heavy atom. The first-order chi connectivity index (χ1) is 8.91. The summed E-state index contributed by atoms with van der Waals surface area (Å²) in [5.41, 5.74) is 0. The minimum absolute atomic E-state index is 0.296. The maximum absolute atomic E-state index is 9.64. The summed E-state index contributed by atoms with van der Waals surface area (Å²) in [6.45, 7) is 2.39. The van der Waals surface area contributed by atoms with Crippen molar-refractivity contribution in [2.45, 2.75) is 38.9 Å². The molecule has 0 rings (SSSR count). The van der Waals surface area contributed by atoms with Crippen molar-refractivity contribution in [3.63, 3.8) is 0 Å². The van der Waals surface area contributed by atoms with Gasteiger partial charge in [0.05, 0.1) is 12.8 Å². The Balaban J connectivity index is -0.000000221. The van der Waals surface area contributed by atoms with E-state index in [0.29, 0.717) is 0 Å². The van der Waals surface area contributed by atoms with Crippen molar-refractivity contribution >= 4 is 23.9 Å². The average Bonchev–Trinajstić information content (AvgIpc) is 2.27. The molecule has 0 aromatic carbocycles. The predicted octanol–water partition coefficient (Wildman–Crippen LogP) is -1.16. The maximum Gasteiger partial charge on any atom is 0.332 e. The summed E-state index contributed by atoms with van der Waals surface area (Å²) in [6.07, 6.45) is -3.06. The zero-order valence-electron chi connectivity index (χ0n) is 10.9. The molecule has 10 nitrogen and oxygen atoms in total. The summed E-state index contributed by atoms with van der Waals surface area (Å²) < 4.78 is 0. The Bertz CT molecular complexity index is 288. The third kappa shape index (κ3) is 29.7. The molecule has 0 aromatic rings. The molecular weight excluding hydrogens is 280 g/mol. The van der Waals surface area contributed by atoms with Crippen LogP contribution in [0.4, 0.5) is 0 Å². The van der Waals surface area contributed by atoms with Crippen LogP contribution in [0.25, 0.3) is 0 Å². The molecule has 20 heavy (non-hydrogen) atoms. The van der Waals surface area contributed by atoms with E-state index in [-0.39, 0.29) is 12.8 Å². The molecule has 2 unspecified atom stereocenters. The molecule has 0 heterocycles. The number of carboxylic acids is 4. The van der Waals surface area contributed by atoms with Gasteiger partial charge in [0.25, 0.3) is 0 Å². The highest BCUT2D eigenvalue weighted by atomic mass is 16.4. The summed E-state index contributed by atoms with van der Waals surface area (Å²) in [6, 6.07) is 0. The third-order valence-electron chi connectivity index (χ3n) is 1.27. The zero-order valence-corrected chi connectivity index (χ0v) is 10.9. The second-order valence-corrected chi connectivity index (χ2v) is 3.32. The van der Waals surface area contributed by atoms with Crippen molar-refractivity contribution in [2.75, 3.05) is 0 Å². The van der Waals surface area contributed by atoms with E-state index in [4.69, 9.17) is 30.6 Å². The molecule has 0 aliphatic rings. The van der Waals surface area contributed by atoms with Crippen LogP contribution in [0, 0.1) is 0 Å². The van der Waals surface area contributed by atoms with Gasteiger partial charge in [0.1, 0.15) is 12.2 Å². The minimum atomic E-state index is -1.23. The topological polar surface area (TPSA) is 190 Å². The lowest BCUT2D eigenvalue weighted by atomic mass is 10.3. The lowest BCUT2D eigenvalue weighted by Crippen LogP contribution is -2.13. The zero-order chi connectivity index (χ0) is 16.9. The predicted molar refractivity (Wildman–Crippen MR) is 63.1 cm³/mol. The molecule has 0 aromatic heterocycles. The molecule has 0 fully saturated rings. The number of aliphatic hydroxyl groups excluding tert-OH is 2. The van der Waals surface area contributed by atoms with Crippen molar-refractivity contribution in [1.82, 2.24) is 0 Å². The lowest BCUT2D eigenvalue weighted by Gasteiger charge is -1.89. The maximum atomic E-state index is 9.64. The summed E-state index contributed by atoms with van der Waals surface area (Å²) in [5, 5.41) is 47.3. The van der Waals surface area contributed by atoms with E-state index in [1.807, 2.05) is 0 Å². The molecule has 0 saturated heterocycles. The number of hydrogen-bond donors (Lipinski definition) is 6. The van der Waals surface area contributed by atoms with E-state index in [1.54, 1.807) is 0 Å². The van der Waals surface area contributed by atoms with Gasteiger partial charge in [-0.3, -0.25) is 9.59 Å². The lowest BCUT2D eigenvalue weighted by molar-refractivity contribution is -0.146. The molecule has 0 amide bonds. The highest BCUT2D eigenvalue weighted by Gasteiger charge is 2.02. The smallest absolute Gasteiger partial charge is 0.332 e. The average molecular weight is 298 g/mol. The van der Waals surface area contributed by atoms with Crippen LogP contribution in [-0.2, 0) is 19.2 Å². The van der Waals surface area contributed by atoms with Crippen molar-refractivity contribution < 1.29 is 49.8 Å². The van der Waals surface area contributed by atoms with Crippen LogP contribution in [0.1, 0.15) is 26.7 Å². The number of carbonyl (C=O) groups is 4. The van der Waals surface area contributed by atoms with Gasteiger partial charge in [0.15, 0.2) is 0 Å². The van der Waals surface area contributed by atoms with Crippen LogP contribution >= 0.6 is 0 Å². The standard InChI is InChI=1S/C4H6O4.2C3H6O3/c5-3(6)1-2-4(7)8;2*1-2(4)3(5)6/h1-2H2,(H,5,6)(H,7,8);2*2,4H,1H3,(H,5,6). The van der Waals surface area contributed by atoms with Crippen LogP contribution in [0.15, 0.2) is 0 Å². The Morgan fingerprint density at radius 1 is 0.700 bits per heavy atom. The third-order valence-corrected chi connectivity index (χ3v) is 1.27. The molecule has 0 saturated carbocycles. The van der Waals surface area contributed by atoms with E-state index in [1.165, 1.54) is 13.8 Å². The Labute approximate surface area is 113 Å². The van der Waals surface area contributed by atoms with Gasteiger partial charge in [0, 0.05) is 0 Å². The summed E-state index contributed by atoms with van der Waals surface area (Å²) in [5.74, 6) is -4.52. The summed E-state index contributed by atoms with van der Waals surface area (Å²) >= 11 is 0. The summed E-state index contributed by atoms with van der Waals surface area (Å²) in [4.78, 5) is 38.2. The van der Waals surface area contributed by atoms with E-state index in [0.717, 1.165) is 0 Å². The first kappa shape index (κ1) is 22.9. The first-order valence-electron chi connectivity index (χ1n) is 5.17. The van der Waals surface area contributed by atoms with Crippen LogP contribution < -0.4 is 0 Å². The molecular formula is C10H18O10. The van der Waals surface area contributed by atoms with E-state index in [2.05, 4.69) is 0 Å². The van der Waals surface area contributed by atoms with Gasteiger partial charge >= 0.3 is 23.9 Å². The Hall–Kier alpha value is -2.20. The van der Waals surface area contributed by atoms with Crippen molar-refractivity contribution in [3.05, 3.63) is 0 Å². The highest BCUT2D eigenvalue weighted by Crippen LogP contribution is 1.86. The molecule has 6 N–H and O–H groups in total. The van der Waals surface area contributed by atoms with Gasteiger partial charge < -0.3 is 30.6 Å². The van der Waals surface area contributed by atoms with Crippen molar-refractivity contribution in [3.8, 4) is 0 Å². The quantitative estimate of drug-likeness (QED) is 0.361. The number of rotatable bonds is 5. The second kappa shape index (κ2) is 13.2. The second-order valence-electron chi connectivity index (χ2n) is 3.32. The Kier molecular flexibility index (Phi) is 15.2. The molecule has 0 aliphatic heterocycles. The molecule has 0 bridgehead atoms. The monoisotopic (exact) mass is 298 g/mol. The molecule has 0 aliphatic carbocycles.